The summed E-state index contributed by atoms with van der Waals surface area (Å²) in [6, 6.07) is 42.2. The first-order chi connectivity index (χ1) is 28.3. The molecule has 2 aliphatic heterocycles. The zero-order chi connectivity index (χ0) is 44.0. The number of anilines is 6. The Balaban J connectivity index is 1.25. The van der Waals surface area contributed by atoms with Gasteiger partial charge in [-0.25, -0.2) is 0 Å². The fraction of sp³-hybridized carbons (Fsp3) is 0.379. The van der Waals surface area contributed by atoms with E-state index in [-0.39, 0.29) is 32.5 Å². The van der Waals surface area contributed by atoms with Gasteiger partial charge in [-0.1, -0.05) is 159 Å². The van der Waals surface area contributed by atoms with Gasteiger partial charge >= 0.3 is 0 Å². The number of hydrogen-bond donors (Lipinski definition) is 0. The molecular weight excluding hydrogens is 741 g/mol. The Morgan fingerprint density at radius 1 is 0.344 bits per heavy atom. The SMILES string of the molecule is CC(C)(C)c1ccc2c(c1)C(C)(C)c1cc(C(C)(C)C)ccc1N2c1ccc2oc3ccc(N4c5ccc(C(C)(C)C)cc5C(C)(C)c5cc(C(C)(C)C)ccc54)cc3c2c1. The molecule has 0 N–H and O–H groups in total. The molecular formula is C58H66N2O. The monoisotopic (exact) mass is 807 g/mol. The lowest BCUT2D eigenvalue weighted by atomic mass is 9.70. The number of fused-ring (bicyclic) bond motifs is 7. The molecule has 0 aliphatic carbocycles. The van der Waals surface area contributed by atoms with Gasteiger partial charge in [0, 0.05) is 33.0 Å². The summed E-state index contributed by atoms with van der Waals surface area (Å²) in [5.41, 5.74) is 19.6. The first-order valence-corrected chi connectivity index (χ1v) is 22.4. The Morgan fingerprint density at radius 3 is 0.852 bits per heavy atom. The van der Waals surface area contributed by atoms with E-state index in [1.54, 1.807) is 0 Å². The fourth-order valence-corrected chi connectivity index (χ4v) is 9.93. The van der Waals surface area contributed by atoms with Gasteiger partial charge in [-0.2, -0.15) is 0 Å². The third-order valence-electron chi connectivity index (χ3n) is 14.1. The second-order valence-electron chi connectivity index (χ2n) is 23.3. The van der Waals surface area contributed by atoms with E-state index in [9.17, 15) is 0 Å². The smallest absolute Gasteiger partial charge is 0.135 e. The van der Waals surface area contributed by atoms with Crippen LogP contribution in [0.2, 0.25) is 0 Å². The maximum atomic E-state index is 6.66. The maximum Gasteiger partial charge on any atom is 0.135 e. The van der Waals surface area contributed by atoms with Gasteiger partial charge in [0.2, 0.25) is 0 Å². The van der Waals surface area contributed by atoms with Crippen molar-refractivity contribution in [2.45, 2.75) is 143 Å². The summed E-state index contributed by atoms with van der Waals surface area (Å²) in [6.07, 6.45) is 0. The van der Waals surface area contributed by atoms with Gasteiger partial charge in [-0.15, -0.1) is 0 Å². The molecule has 6 aromatic carbocycles. The minimum absolute atomic E-state index is 0.0324. The fourth-order valence-electron chi connectivity index (χ4n) is 9.93. The molecule has 9 rings (SSSR count). The highest BCUT2D eigenvalue weighted by molar-refractivity contribution is 6.08. The van der Waals surface area contributed by atoms with E-state index in [4.69, 9.17) is 4.42 Å². The molecule has 0 saturated heterocycles. The zero-order valence-corrected chi connectivity index (χ0v) is 39.7. The lowest BCUT2D eigenvalue weighted by Crippen LogP contribution is -2.32. The van der Waals surface area contributed by atoms with Gasteiger partial charge in [0.05, 0.1) is 22.7 Å². The molecule has 314 valence electrons. The zero-order valence-electron chi connectivity index (χ0n) is 39.7. The Hall–Kier alpha value is -5.28. The van der Waals surface area contributed by atoms with E-state index < -0.39 is 0 Å². The number of hydrogen-bond acceptors (Lipinski definition) is 3. The molecule has 1 aromatic heterocycles. The average Bonchev–Trinajstić information content (AvgIpc) is 3.53. The number of rotatable bonds is 2. The molecule has 61 heavy (non-hydrogen) atoms. The molecule has 2 aliphatic rings. The van der Waals surface area contributed by atoms with E-state index in [1.807, 2.05) is 0 Å². The van der Waals surface area contributed by atoms with E-state index >= 15 is 0 Å². The average molecular weight is 807 g/mol. The van der Waals surface area contributed by atoms with Crippen LogP contribution in [0.3, 0.4) is 0 Å². The summed E-state index contributed by atoms with van der Waals surface area (Å²) in [7, 11) is 0. The van der Waals surface area contributed by atoms with Gasteiger partial charge in [0.25, 0.3) is 0 Å². The van der Waals surface area contributed by atoms with Crippen LogP contribution in [-0.4, -0.2) is 0 Å². The highest BCUT2D eigenvalue weighted by atomic mass is 16.3. The van der Waals surface area contributed by atoms with Gasteiger partial charge < -0.3 is 14.2 Å². The summed E-state index contributed by atoms with van der Waals surface area (Å²) in [5, 5.41) is 2.23. The first kappa shape index (κ1) is 41.1. The normalized spacial score (nSPS) is 16.1. The predicted molar refractivity (Wildman–Crippen MR) is 262 cm³/mol. The minimum atomic E-state index is -0.193. The molecule has 3 heterocycles. The molecule has 0 spiro atoms. The van der Waals surface area contributed by atoms with Gasteiger partial charge in [-0.3, -0.25) is 0 Å². The van der Waals surface area contributed by atoms with Crippen LogP contribution in [0.5, 0.6) is 0 Å². The summed E-state index contributed by atoms with van der Waals surface area (Å²) in [6.45, 7) is 37.4. The van der Waals surface area contributed by atoms with Crippen molar-refractivity contribution in [1.29, 1.82) is 0 Å². The van der Waals surface area contributed by atoms with E-state index in [0.29, 0.717) is 0 Å². The highest BCUT2D eigenvalue weighted by Gasteiger charge is 2.41. The van der Waals surface area contributed by atoms with Crippen molar-refractivity contribution < 1.29 is 4.42 Å². The predicted octanol–water partition coefficient (Wildman–Crippen LogP) is 17.0. The molecule has 0 amide bonds. The summed E-state index contributed by atoms with van der Waals surface area (Å²) >= 11 is 0. The van der Waals surface area contributed by atoms with Crippen molar-refractivity contribution in [3.8, 4) is 0 Å². The molecule has 3 heteroatoms. The Bertz CT molecular complexity index is 2570. The minimum Gasteiger partial charge on any atom is -0.456 e. The molecule has 0 bridgehead atoms. The van der Waals surface area contributed by atoms with Gasteiger partial charge in [-0.05, 0) is 127 Å². The Morgan fingerprint density at radius 2 is 0.607 bits per heavy atom. The van der Waals surface area contributed by atoms with E-state index in [2.05, 4.69) is 230 Å². The molecule has 7 aromatic rings. The molecule has 3 nitrogen and oxygen atoms in total. The number of benzene rings is 6. The molecule has 0 radical (unpaired) electrons. The van der Waals surface area contributed by atoms with Crippen LogP contribution >= 0.6 is 0 Å². The van der Waals surface area contributed by atoms with Crippen molar-refractivity contribution in [2.24, 2.45) is 0 Å². The van der Waals surface area contributed by atoms with E-state index in [1.165, 1.54) is 67.3 Å². The Kier molecular flexibility index (Phi) is 8.84. The summed E-state index contributed by atoms with van der Waals surface area (Å²) < 4.78 is 6.66. The van der Waals surface area contributed by atoms with Gasteiger partial charge in [0.15, 0.2) is 0 Å². The number of furan rings is 1. The van der Waals surface area contributed by atoms with Crippen LogP contribution in [0.1, 0.15) is 155 Å². The van der Waals surface area contributed by atoms with Gasteiger partial charge in [0.1, 0.15) is 11.2 Å². The Labute approximate surface area is 365 Å². The lowest BCUT2D eigenvalue weighted by molar-refractivity contribution is 0.572. The molecule has 0 saturated carbocycles. The number of nitrogens with zero attached hydrogens (tertiary/aromatic N) is 2. The van der Waals surface area contributed by atoms with Crippen molar-refractivity contribution in [2.75, 3.05) is 9.80 Å². The lowest BCUT2D eigenvalue weighted by Gasteiger charge is -2.43. The van der Waals surface area contributed by atoms with Crippen LogP contribution < -0.4 is 9.80 Å². The van der Waals surface area contributed by atoms with Crippen LogP contribution in [0.25, 0.3) is 21.9 Å². The summed E-state index contributed by atoms with van der Waals surface area (Å²) in [4.78, 5) is 4.99. The van der Waals surface area contributed by atoms with Crippen LogP contribution in [-0.2, 0) is 32.5 Å². The second-order valence-corrected chi connectivity index (χ2v) is 23.3. The van der Waals surface area contributed by atoms with Crippen LogP contribution in [0.4, 0.5) is 34.1 Å². The largest absolute Gasteiger partial charge is 0.456 e. The molecule has 0 unspecified atom stereocenters. The first-order valence-electron chi connectivity index (χ1n) is 22.4. The van der Waals surface area contributed by atoms with Crippen molar-refractivity contribution in [3.63, 3.8) is 0 Å². The quantitative estimate of drug-likeness (QED) is 0.173. The summed E-state index contributed by atoms with van der Waals surface area (Å²) in [5.74, 6) is 0. The van der Waals surface area contributed by atoms with Crippen molar-refractivity contribution in [1.82, 2.24) is 0 Å². The molecule has 0 fully saturated rings. The van der Waals surface area contributed by atoms with Crippen molar-refractivity contribution >= 4 is 56.1 Å². The van der Waals surface area contributed by atoms with E-state index in [0.717, 1.165) is 33.3 Å². The third-order valence-corrected chi connectivity index (χ3v) is 14.1. The third kappa shape index (κ3) is 6.52. The maximum absolute atomic E-state index is 6.66. The topological polar surface area (TPSA) is 19.6 Å². The molecule has 0 atom stereocenters. The van der Waals surface area contributed by atoms with Crippen LogP contribution in [0.15, 0.2) is 114 Å². The standard InChI is InChI=1S/C58H66N2O/c1-53(2,3)35-17-23-47-43(29-35)57(13,14)44-30-36(54(4,5)6)18-24-48(44)59(47)39-21-27-51-41(33-39)42-34-40(22-28-52(42)61-51)60-49-25-19-37(55(7,8)9)31-45(49)58(15,16)46-32-38(56(10,11)12)20-26-50(46)60/h17-34H,1-16H3. The second kappa shape index (κ2) is 13.1. The van der Waals surface area contributed by atoms with Crippen LogP contribution in [0, 0.1) is 0 Å². The van der Waals surface area contributed by atoms with Crippen molar-refractivity contribution in [3.05, 3.63) is 154 Å². The highest BCUT2D eigenvalue weighted by Crippen LogP contribution is 2.56.